The van der Waals surface area contributed by atoms with E-state index in [-0.39, 0.29) is 5.78 Å². The van der Waals surface area contributed by atoms with Crippen molar-refractivity contribution in [3.63, 3.8) is 0 Å². The molecule has 0 amide bonds. The van der Waals surface area contributed by atoms with Crippen LogP contribution < -0.4 is 0 Å². The highest BCUT2D eigenvalue weighted by Gasteiger charge is 2.41. The lowest BCUT2D eigenvalue weighted by atomic mass is 10.0. The van der Waals surface area contributed by atoms with Gasteiger partial charge in [-0.3, -0.25) is 4.57 Å². The fourth-order valence-electron chi connectivity index (χ4n) is 4.45. The largest absolute Gasteiger partial charge is 0.385 e. The topological polar surface area (TPSA) is 46.5 Å². The molecule has 0 saturated carbocycles. The number of unbranched alkanes of at least 4 members (excludes halogenated alkanes) is 15. The maximum atomic E-state index is 12.6. The first-order chi connectivity index (χ1) is 15.8. The lowest BCUT2D eigenvalue weighted by Gasteiger charge is -2.35. The molecule has 4 nitrogen and oxygen atoms in total. The van der Waals surface area contributed by atoms with Crippen molar-refractivity contribution in [1.82, 2.24) is 0 Å². The zero-order valence-corrected chi connectivity index (χ0v) is 23.9. The Hall–Kier alpha value is -0.150. The minimum atomic E-state index is -3.60. The third-order valence-corrected chi connectivity index (χ3v) is 8.78. The Labute approximate surface area is 207 Å². The van der Waals surface area contributed by atoms with Gasteiger partial charge in [0.1, 0.15) is 0 Å². The third kappa shape index (κ3) is 19.8. The summed E-state index contributed by atoms with van der Waals surface area (Å²) >= 11 is 0. The maximum absolute atomic E-state index is 12.6. The second-order valence-electron chi connectivity index (χ2n) is 10.8. The molecule has 0 saturated heterocycles. The highest BCUT2D eigenvalue weighted by molar-refractivity contribution is 7.53. The number of hydrogen-bond acceptors (Lipinski definition) is 2. The van der Waals surface area contributed by atoms with Crippen molar-refractivity contribution < 1.29 is 18.5 Å². The summed E-state index contributed by atoms with van der Waals surface area (Å²) in [5.74, 6) is -0.355. The highest BCUT2D eigenvalue weighted by atomic mass is 31.2. The van der Waals surface area contributed by atoms with Gasteiger partial charge in [0, 0.05) is 6.42 Å². The number of hydrogen-bond donors (Lipinski definition) is 1. The second-order valence-corrected chi connectivity index (χ2v) is 12.8. The van der Waals surface area contributed by atoms with Gasteiger partial charge in [-0.15, -0.1) is 0 Å². The summed E-state index contributed by atoms with van der Waals surface area (Å²) < 4.78 is 18.5. The van der Waals surface area contributed by atoms with Crippen LogP contribution in [-0.2, 0) is 9.09 Å². The molecule has 0 bridgehead atoms. The van der Waals surface area contributed by atoms with Crippen molar-refractivity contribution in [3.8, 4) is 0 Å². The highest BCUT2D eigenvalue weighted by Crippen LogP contribution is 2.51. The third-order valence-electron chi connectivity index (χ3n) is 6.52. The summed E-state index contributed by atoms with van der Waals surface area (Å²) in [5, 5.41) is 0. The van der Waals surface area contributed by atoms with Crippen LogP contribution in [0.5, 0.6) is 0 Å². The zero-order chi connectivity index (χ0) is 24.8. The smallest absolute Gasteiger partial charge is 0.320 e. The van der Waals surface area contributed by atoms with Crippen LogP contribution in [-0.4, -0.2) is 42.9 Å². The van der Waals surface area contributed by atoms with Gasteiger partial charge in [0.05, 0.1) is 27.7 Å². The Kier molecular flexibility index (Phi) is 21.1. The van der Waals surface area contributed by atoms with Crippen LogP contribution in [0.15, 0.2) is 12.2 Å². The van der Waals surface area contributed by atoms with E-state index >= 15 is 0 Å². The molecule has 0 rings (SSSR count). The molecular weight excluding hydrogens is 429 g/mol. The zero-order valence-electron chi connectivity index (χ0n) is 23.0. The van der Waals surface area contributed by atoms with E-state index in [9.17, 15) is 9.46 Å². The molecule has 198 valence electrons. The normalized spacial score (nSPS) is 15.2. The number of allylic oxidation sites excluding steroid dienone is 1. The van der Waals surface area contributed by atoms with E-state index in [1.54, 1.807) is 0 Å². The minimum absolute atomic E-state index is 0.323. The first-order valence-electron chi connectivity index (χ1n) is 14.2. The Morgan fingerprint density at radius 2 is 1.12 bits per heavy atom. The molecule has 0 aromatic heterocycles. The van der Waals surface area contributed by atoms with Crippen molar-refractivity contribution in [3.05, 3.63) is 12.2 Å². The standard InChI is InChI=1S/C28H58NO3P/c1-6-8-9-10-11-12-13-14-15-16-17-18-19-20-21-22-23-24-25-27-32-33(30,31)28(26-7-2)29(3,4)5/h23-24,28H,6-22,25-27H2,1-5H3/p+1. The molecule has 0 aliphatic carbocycles. The van der Waals surface area contributed by atoms with E-state index in [1.807, 2.05) is 28.1 Å². The molecular formula is C28H59NO3P+. The van der Waals surface area contributed by atoms with E-state index in [1.165, 1.54) is 96.3 Å². The Bertz CT molecular complexity index is 502. The summed E-state index contributed by atoms with van der Waals surface area (Å²) in [6.45, 7) is 4.65. The van der Waals surface area contributed by atoms with E-state index in [0.29, 0.717) is 23.9 Å². The molecule has 0 aliphatic heterocycles. The van der Waals surface area contributed by atoms with Gasteiger partial charge in [-0.2, -0.15) is 0 Å². The Balaban J connectivity index is 3.54. The van der Waals surface area contributed by atoms with E-state index in [4.69, 9.17) is 4.52 Å². The monoisotopic (exact) mass is 488 g/mol. The van der Waals surface area contributed by atoms with Gasteiger partial charge in [0.15, 0.2) is 5.78 Å². The molecule has 0 radical (unpaired) electrons. The average Bonchev–Trinajstić information content (AvgIpc) is 2.75. The van der Waals surface area contributed by atoms with Crippen LogP contribution in [0, 0.1) is 0 Å². The van der Waals surface area contributed by atoms with Crippen LogP contribution >= 0.6 is 7.60 Å². The fraction of sp³-hybridized carbons (Fsp3) is 0.929. The van der Waals surface area contributed by atoms with Crippen LogP contribution in [0.3, 0.4) is 0 Å². The molecule has 0 spiro atoms. The van der Waals surface area contributed by atoms with Crippen molar-refractivity contribution in [2.45, 2.75) is 142 Å². The van der Waals surface area contributed by atoms with Gasteiger partial charge >= 0.3 is 7.60 Å². The Morgan fingerprint density at radius 3 is 1.55 bits per heavy atom. The molecule has 0 fully saturated rings. The predicted octanol–water partition coefficient (Wildman–Crippen LogP) is 9.23. The van der Waals surface area contributed by atoms with Gasteiger partial charge in [-0.1, -0.05) is 116 Å². The van der Waals surface area contributed by atoms with E-state index < -0.39 is 7.60 Å². The van der Waals surface area contributed by atoms with Crippen molar-refractivity contribution in [2.24, 2.45) is 0 Å². The van der Waals surface area contributed by atoms with Gasteiger partial charge < -0.3 is 13.9 Å². The van der Waals surface area contributed by atoms with Gasteiger partial charge in [0.25, 0.3) is 0 Å². The van der Waals surface area contributed by atoms with Gasteiger partial charge in [-0.05, 0) is 25.7 Å². The SMILES string of the molecule is CCCCCCCCCCCCCCCCCC=CCCOP(=O)(O)C(CCC)[N+](C)(C)C. The lowest BCUT2D eigenvalue weighted by Crippen LogP contribution is -2.45. The maximum Gasteiger partial charge on any atom is 0.385 e. The summed E-state index contributed by atoms with van der Waals surface area (Å²) in [7, 11) is 2.29. The molecule has 0 aliphatic rings. The van der Waals surface area contributed by atoms with Crippen LogP contribution in [0.25, 0.3) is 0 Å². The molecule has 0 heterocycles. The van der Waals surface area contributed by atoms with E-state index in [2.05, 4.69) is 19.1 Å². The summed E-state index contributed by atoms with van der Waals surface area (Å²) in [6.07, 6.45) is 28.6. The van der Waals surface area contributed by atoms with Crippen molar-refractivity contribution in [1.29, 1.82) is 0 Å². The van der Waals surface area contributed by atoms with Gasteiger partial charge in [-0.25, -0.2) is 0 Å². The number of rotatable bonds is 24. The van der Waals surface area contributed by atoms with E-state index in [0.717, 1.165) is 12.8 Å². The first kappa shape index (κ1) is 32.8. The van der Waals surface area contributed by atoms with Crippen LogP contribution in [0.1, 0.15) is 136 Å². The summed E-state index contributed by atoms with van der Waals surface area (Å²) in [5.41, 5.74) is 0. The first-order valence-corrected chi connectivity index (χ1v) is 15.8. The van der Waals surface area contributed by atoms with Crippen molar-refractivity contribution >= 4 is 7.60 Å². The average molecular weight is 489 g/mol. The molecule has 5 heteroatoms. The molecule has 0 aromatic carbocycles. The fourth-order valence-corrected chi connectivity index (χ4v) is 6.45. The summed E-state index contributed by atoms with van der Waals surface area (Å²) in [4.78, 5) is 10.4. The van der Waals surface area contributed by atoms with Crippen molar-refractivity contribution in [2.75, 3.05) is 27.7 Å². The summed E-state index contributed by atoms with van der Waals surface area (Å²) in [6, 6.07) is 0. The lowest BCUT2D eigenvalue weighted by molar-refractivity contribution is -0.883. The molecule has 2 atom stereocenters. The quantitative estimate of drug-likeness (QED) is 0.0637. The molecule has 1 N–H and O–H groups in total. The Morgan fingerprint density at radius 1 is 0.697 bits per heavy atom. The van der Waals surface area contributed by atoms with Crippen LogP contribution in [0.4, 0.5) is 0 Å². The molecule has 2 unspecified atom stereocenters. The second kappa shape index (κ2) is 21.2. The molecule has 0 aromatic rings. The number of quaternary nitrogens is 1. The molecule has 33 heavy (non-hydrogen) atoms. The minimum Gasteiger partial charge on any atom is -0.320 e. The number of nitrogens with zero attached hydrogens (tertiary/aromatic N) is 1. The van der Waals surface area contributed by atoms with Gasteiger partial charge in [0.2, 0.25) is 0 Å². The van der Waals surface area contributed by atoms with Crippen LogP contribution in [0.2, 0.25) is 0 Å². The predicted molar refractivity (Wildman–Crippen MR) is 146 cm³/mol.